The molecular formula is C20H23ClN2O5. The van der Waals surface area contributed by atoms with E-state index in [1.165, 1.54) is 6.07 Å². The van der Waals surface area contributed by atoms with Crippen molar-refractivity contribution in [2.75, 3.05) is 11.9 Å². The fraction of sp³-hybridized carbons (Fsp3) is 0.600. The first-order valence-electron chi connectivity index (χ1n) is 9.60. The number of nitrogens with one attached hydrogen (secondary N) is 1. The van der Waals surface area contributed by atoms with E-state index < -0.39 is 22.9 Å². The molecule has 4 atom stereocenters. The van der Waals surface area contributed by atoms with Crippen LogP contribution in [0.2, 0.25) is 0 Å². The van der Waals surface area contributed by atoms with Crippen LogP contribution in [0.25, 0.3) is 0 Å². The molecule has 1 N–H and O–H groups in total. The highest BCUT2D eigenvalue weighted by atomic mass is 35.5. The predicted molar refractivity (Wildman–Crippen MR) is 103 cm³/mol. The van der Waals surface area contributed by atoms with E-state index in [1.807, 2.05) is 0 Å². The van der Waals surface area contributed by atoms with E-state index in [2.05, 4.69) is 5.32 Å². The van der Waals surface area contributed by atoms with Gasteiger partial charge in [-0.2, -0.15) is 0 Å². The first-order chi connectivity index (χ1) is 13.2. The molecule has 8 heteroatoms. The molecular weight excluding hydrogens is 384 g/mol. The molecule has 1 aromatic carbocycles. The minimum Gasteiger partial charge on any atom is -0.455 e. The number of esters is 1. The number of amides is 1. The number of ether oxygens (including phenoxy) is 1. The summed E-state index contributed by atoms with van der Waals surface area (Å²) < 4.78 is 5.37. The summed E-state index contributed by atoms with van der Waals surface area (Å²) in [6.07, 6.45) is 5.21. The molecule has 4 aliphatic rings. The Labute approximate surface area is 167 Å². The lowest BCUT2D eigenvalue weighted by molar-refractivity contribution is -0.384. The van der Waals surface area contributed by atoms with Crippen LogP contribution in [-0.2, 0) is 14.3 Å². The Morgan fingerprint density at radius 2 is 1.96 bits per heavy atom. The van der Waals surface area contributed by atoms with Crippen LogP contribution in [-0.4, -0.2) is 28.3 Å². The van der Waals surface area contributed by atoms with Crippen LogP contribution >= 0.6 is 11.6 Å². The van der Waals surface area contributed by atoms with E-state index in [1.54, 1.807) is 19.1 Å². The lowest BCUT2D eigenvalue weighted by Gasteiger charge is -2.58. The van der Waals surface area contributed by atoms with Gasteiger partial charge in [-0.3, -0.25) is 19.7 Å². The molecule has 4 fully saturated rings. The number of nitrogens with zero attached hydrogens (tertiary/aromatic N) is 1. The molecule has 0 heterocycles. The molecule has 4 bridgehead atoms. The lowest BCUT2D eigenvalue weighted by Crippen LogP contribution is -2.56. The van der Waals surface area contributed by atoms with E-state index in [0.29, 0.717) is 23.8 Å². The van der Waals surface area contributed by atoms with Crippen molar-refractivity contribution in [3.63, 3.8) is 0 Å². The molecule has 0 aromatic heterocycles. The number of carbonyl (C=O) groups excluding carboxylic acids is 2. The Bertz CT molecular complexity index is 841. The summed E-state index contributed by atoms with van der Waals surface area (Å²) in [5.41, 5.74) is -0.0761. The van der Waals surface area contributed by atoms with Gasteiger partial charge in [0.05, 0.1) is 10.3 Å². The fourth-order valence-corrected chi connectivity index (χ4v) is 6.51. The van der Waals surface area contributed by atoms with E-state index in [4.69, 9.17) is 16.3 Å². The van der Waals surface area contributed by atoms with Crippen molar-refractivity contribution in [3.8, 4) is 0 Å². The highest BCUT2D eigenvalue weighted by molar-refractivity contribution is 6.24. The van der Waals surface area contributed by atoms with Crippen LogP contribution < -0.4 is 5.32 Å². The standard InChI is InChI=1S/C20H23ClN2O5/c1-12-3-2-4-15(23(26)27)17(12)22-16(24)10-28-18(25)19-6-13-5-14(7-19)9-20(21,8-13)11-19/h2-4,13-14H,5-11H2,1H3,(H,22,24)/t13-,14+,19?,20?. The zero-order chi connectivity index (χ0) is 20.1. The van der Waals surface area contributed by atoms with Gasteiger partial charge in [-0.1, -0.05) is 12.1 Å². The summed E-state index contributed by atoms with van der Waals surface area (Å²) in [6, 6.07) is 4.55. The van der Waals surface area contributed by atoms with Crippen molar-refractivity contribution in [2.45, 2.75) is 50.3 Å². The molecule has 4 aliphatic carbocycles. The minimum absolute atomic E-state index is 0.128. The first-order valence-corrected chi connectivity index (χ1v) is 9.98. The zero-order valence-corrected chi connectivity index (χ0v) is 16.5. The second-order valence-electron chi connectivity index (χ2n) is 8.74. The minimum atomic E-state index is -0.587. The van der Waals surface area contributed by atoms with Gasteiger partial charge in [0.2, 0.25) is 0 Å². The number of hydrogen-bond donors (Lipinski definition) is 1. The summed E-state index contributed by atoms with van der Waals surface area (Å²) in [6.45, 7) is 1.21. The Morgan fingerprint density at radius 1 is 1.29 bits per heavy atom. The third kappa shape index (κ3) is 3.36. The van der Waals surface area contributed by atoms with Gasteiger partial charge in [-0.05, 0) is 62.8 Å². The number of halogens is 1. The maximum absolute atomic E-state index is 12.9. The van der Waals surface area contributed by atoms with Gasteiger partial charge in [0.25, 0.3) is 11.6 Å². The maximum atomic E-state index is 12.9. The largest absolute Gasteiger partial charge is 0.455 e. The summed E-state index contributed by atoms with van der Waals surface area (Å²) in [7, 11) is 0. The normalized spacial score (nSPS) is 32.8. The van der Waals surface area contributed by atoms with E-state index in [-0.39, 0.29) is 22.2 Å². The molecule has 150 valence electrons. The maximum Gasteiger partial charge on any atom is 0.312 e. The zero-order valence-electron chi connectivity index (χ0n) is 15.7. The van der Waals surface area contributed by atoms with Crippen LogP contribution in [0, 0.1) is 34.3 Å². The molecule has 1 amide bonds. The Morgan fingerprint density at radius 3 is 2.57 bits per heavy atom. The van der Waals surface area contributed by atoms with Gasteiger partial charge >= 0.3 is 5.97 Å². The van der Waals surface area contributed by atoms with Crippen LogP contribution in [0.3, 0.4) is 0 Å². The van der Waals surface area contributed by atoms with Crippen molar-refractivity contribution in [1.29, 1.82) is 0 Å². The quantitative estimate of drug-likeness (QED) is 0.345. The molecule has 5 rings (SSSR count). The topological polar surface area (TPSA) is 98.5 Å². The number of nitro benzene ring substituents is 1. The molecule has 0 saturated heterocycles. The van der Waals surface area contributed by atoms with Gasteiger partial charge in [0.1, 0.15) is 5.69 Å². The summed E-state index contributed by atoms with van der Waals surface area (Å²) in [5, 5.41) is 13.7. The van der Waals surface area contributed by atoms with Gasteiger partial charge in [-0.25, -0.2) is 0 Å². The summed E-state index contributed by atoms with van der Waals surface area (Å²) in [5.74, 6) is -0.0402. The number of alkyl halides is 1. The molecule has 0 aliphatic heterocycles. The smallest absolute Gasteiger partial charge is 0.312 e. The lowest BCUT2D eigenvalue weighted by atomic mass is 9.49. The van der Waals surface area contributed by atoms with Crippen molar-refractivity contribution >= 4 is 34.9 Å². The van der Waals surface area contributed by atoms with Crippen LogP contribution in [0.15, 0.2) is 18.2 Å². The molecule has 4 saturated carbocycles. The van der Waals surface area contributed by atoms with Crippen molar-refractivity contribution in [2.24, 2.45) is 17.3 Å². The van der Waals surface area contributed by atoms with E-state index in [9.17, 15) is 19.7 Å². The number of para-hydroxylation sites is 1. The molecule has 0 radical (unpaired) electrons. The molecule has 0 spiro atoms. The number of carbonyl (C=O) groups is 2. The number of benzene rings is 1. The van der Waals surface area contributed by atoms with Gasteiger partial charge in [-0.15, -0.1) is 11.6 Å². The average Bonchev–Trinajstić information content (AvgIpc) is 2.59. The first kappa shape index (κ1) is 19.2. The van der Waals surface area contributed by atoms with Crippen LogP contribution in [0.4, 0.5) is 11.4 Å². The number of nitro groups is 1. The number of hydrogen-bond acceptors (Lipinski definition) is 5. The average molecular weight is 407 g/mol. The van der Waals surface area contributed by atoms with Gasteiger partial charge in [0, 0.05) is 10.9 Å². The fourth-order valence-electron chi connectivity index (χ4n) is 5.82. The summed E-state index contributed by atoms with van der Waals surface area (Å²) >= 11 is 6.75. The molecule has 7 nitrogen and oxygen atoms in total. The highest BCUT2D eigenvalue weighted by Crippen LogP contribution is 2.64. The number of aryl methyl sites for hydroxylation is 1. The van der Waals surface area contributed by atoms with E-state index >= 15 is 0 Å². The van der Waals surface area contributed by atoms with Crippen molar-refractivity contribution in [3.05, 3.63) is 33.9 Å². The third-order valence-electron chi connectivity index (χ3n) is 6.47. The number of anilines is 1. The monoisotopic (exact) mass is 406 g/mol. The summed E-state index contributed by atoms with van der Waals surface area (Å²) in [4.78, 5) is 35.5. The van der Waals surface area contributed by atoms with Gasteiger partial charge < -0.3 is 10.1 Å². The molecule has 1 aromatic rings. The predicted octanol–water partition coefficient (Wildman–Crippen LogP) is 3.96. The van der Waals surface area contributed by atoms with E-state index in [0.717, 1.165) is 32.1 Å². The molecule has 28 heavy (non-hydrogen) atoms. The van der Waals surface area contributed by atoms with Crippen molar-refractivity contribution < 1.29 is 19.2 Å². The van der Waals surface area contributed by atoms with Gasteiger partial charge in [0.15, 0.2) is 6.61 Å². The SMILES string of the molecule is Cc1cccc([N+](=O)[O-])c1NC(=O)COC(=O)C12C[C@@H]3C[C@@H](CC(Cl)(C3)C1)C2. The Balaban J connectivity index is 1.41. The third-order valence-corrected chi connectivity index (χ3v) is 6.91. The van der Waals surface area contributed by atoms with Crippen LogP contribution in [0.5, 0.6) is 0 Å². The van der Waals surface area contributed by atoms with Crippen LogP contribution in [0.1, 0.15) is 44.1 Å². The molecule has 2 unspecified atom stereocenters. The Kier molecular flexibility index (Phi) is 4.61. The second kappa shape index (κ2) is 6.72. The number of rotatable bonds is 5. The highest BCUT2D eigenvalue weighted by Gasteiger charge is 2.60. The van der Waals surface area contributed by atoms with Crippen molar-refractivity contribution in [1.82, 2.24) is 0 Å². The Hall–Kier alpha value is -2.15. The second-order valence-corrected chi connectivity index (χ2v) is 9.54.